The van der Waals surface area contributed by atoms with Gasteiger partial charge >= 0.3 is 0 Å². The van der Waals surface area contributed by atoms with Gasteiger partial charge in [-0.1, -0.05) is 49.9 Å². The van der Waals surface area contributed by atoms with Crippen LogP contribution < -0.4 is 0 Å². The summed E-state index contributed by atoms with van der Waals surface area (Å²) in [5.41, 5.74) is 3.21. The maximum Gasteiger partial charge on any atom is 0.130 e. The highest BCUT2D eigenvalue weighted by atomic mass is 28.3. The molecule has 1 heteroatoms. The van der Waals surface area contributed by atoms with Crippen molar-refractivity contribution in [2.24, 2.45) is 5.92 Å². The third kappa shape index (κ3) is 4.40. The van der Waals surface area contributed by atoms with Gasteiger partial charge in [-0.25, -0.2) is 0 Å². The fraction of sp³-hybridized carbons (Fsp3) is 0.333. The Morgan fingerprint density at radius 2 is 1.62 bits per heavy atom. The highest BCUT2D eigenvalue weighted by Gasteiger charge is 2.06. The molecule has 0 heterocycles. The molecule has 0 fully saturated rings. The van der Waals surface area contributed by atoms with Gasteiger partial charge in [0, 0.05) is 0 Å². The Kier molecular flexibility index (Phi) is 3.17. The standard InChI is InChI=1S/C12H14Si/c1-13(2,3)11-7-6-10-12-8-4-5-9-12/h4-5,8-9,12H,1-3H3. The van der Waals surface area contributed by atoms with Crippen LogP contribution >= 0.6 is 0 Å². The highest BCUT2D eigenvalue weighted by molar-refractivity contribution is 6.83. The van der Waals surface area contributed by atoms with E-state index in [4.69, 9.17) is 0 Å². The van der Waals surface area contributed by atoms with Crippen LogP contribution in [0, 0.1) is 29.2 Å². The van der Waals surface area contributed by atoms with Gasteiger partial charge < -0.3 is 0 Å². The predicted molar refractivity (Wildman–Crippen MR) is 60.7 cm³/mol. The van der Waals surface area contributed by atoms with E-state index in [1.165, 1.54) is 0 Å². The lowest BCUT2D eigenvalue weighted by Gasteiger charge is -2.01. The largest absolute Gasteiger partial charge is 0.130 e. The Bertz CT molecular complexity index is 333. The maximum absolute atomic E-state index is 3.21. The first kappa shape index (κ1) is 9.90. The molecule has 1 rings (SSSR count). The molecule has 0 aliphatic heterocycles. The monoisotopic (exact) mass is 186 g/mol. The average Bonchev–Trinajstić information content (AvgIpc) is 2.48. The van der Waals surface area contributed by atoms with E-state index in [0.717, 1.165) is 0 Å². The molecule has 0 nitrogen and oxygen atoms in total. The zero-order chi connectivity index (χ0) is 9.73. The Morgan fingerprint density at radius 3 is 2.15 bits per heavy atom. The summed E-state index contributed by atoms with van der Waals surface area (Å²) in [4.78, 5) is 0. The quantitative estimate of drug-likeness (QED) is 0.403. The van der Waals surface area contributed by atoms with Crippen molar-refractivity contribution in [3.05, 3.63) is 24.3 Å². The maximum atomic E-state index is 3.21. The Balaban J connectivity index is 2.52. The van der Waals surface area contributed by atoms with Gasteiger partial charge in [0.2, 0.25) is 0 Å². The Morgan fingerprint density at radius 1 is 1.00 bits per heavy atom. The molecule has 0 N–H and O–H groups in total. The molecule has 0 spiro atoms. The Labute approximate surface area is 81.7 Å². The molecule has 1 aliphatic rings. The summed E-state index contributed by atoms with van der Waals surface area (Å²) in [5, 5.41) is 0. The van der Waals surface area contributed by atoms with Crippen LogP contribution in [0.15, 0.2) is 24.3 Å². The molecular weight excluding hydrogens is 172 g/mol. The van der Waals surface area contributed by atoms with E-state index in [1.807, 2.05) is 12.2 Å². The minimum absolute atomic E-state index is 0.288. The van der Waals surface area contributed by atoms with E-state index < -0.39 is 8.07 Å². The minimum Gasteiger partial charge on any atom is -0.118 e. The second kappa shape index (κ2) is 4.17. The molecule has 0 aromatic carbocycles. The van der Waals surface area contributed by atoms with Crippen molar-refractivity contribution in [2.75, 3.05) is 0 Å². The second-order valence-corrected chi connectivity index (χ2v) is 8.81. The number of hydrogen-bond acceptors (Lipinski definition) is 0. The van der Waals surface area contributed by atoms with Crippen molar-refractivity contribution in [1.29, 1.82) is 0 Å². The van der Waals surface area contributed by atoms with Crippen LogP contribution in [-0.4, -0.2) is 8.07 Å². The van der Waals surface area contributed by atoms with Gasteiger partial charge in [-0.05, 0) is 11.8 Å². The molecule has 0 saturated carbocycles. The van der Waals surface area contributed by atoms with Crippen LogP contribution in [0.2, 0.25) is 19.6 Å². The van der Waals surface area contributed by atoms with E-state index in [0.29, 0.717) is 0 Å². The summed E-state index contributed by atoms with van der Waals surface area (Å²) in [6.07, 6.45) is 8.18. The van der Waals surface area contributed by atoms with Gasteiger partial charge in [0.1, 0.15) is 8.07 Å². The zero-order valence-corrected chi connectivity index (χ0v) is 9.39. The molecule has 0 aromatic rings. The van der Waals surface area contributed by atoms with Gasteiger partial charge in [0.15, 0.2) is 0 Å². The van der Waals surface area contributed by atoms with E-state index in [1.54, 1.807) is 0 Å². The van der Waals surface area contributed by atoms with Gasteiger partial charge in [-0.3, -0.25) is 0 Å². The molecule has 0 atom stereocenters. The lowest BCUT2D eigenvalue weighted by Crippen LogP contribution is -2.16. The normalized spacial score (nSPS) is 14.7. The SMILES string of the molecule is C[Si](C)(C)C#CC#CC1C=CC=C1. The minimum atomic E-state index is -1.23. The predicted octanol–water partition coefficient (Wildman–Crippen LogP) is 2.61. The van der Waals surface area contributed by atoms with Crippen LogP contribution in [0.5, 0.6) is 0 Å². The Hall–Kier alpha value is -1.18. The number of hydrogen-bond donors (Lipinski definition) is 0. The summed E-state index contributed by atoms with van der Waals surface area (Å²) in [7, 11) is -1.23. The van der Waals surface area contributed by atoms with Gasteiger partial charge in [-0.15, -0.1) is 5.54 Å². The molecule has 0 saturated heterocycles. The molecular formula is C12H14Si. The third-order valence-electron chi connectivity index (χ3n) is 1.49. The lowest BCUT2D eigenvalue weighted by atomic mass is 10.2. The van der Waals surface area contributed by atoms with E-state index in [2.05, 4.69) is 55.1 Å². The fourth-order valence-electron chi connectivity index (χ4n) is 0.866. The van der Waals surface area contributed by atoms with Crippen LogP contribution in [-0.2, 0) is 0 Å². The molecule has 0 radical (unpaired) electrons. The first-order valence-corrected chi connectivity index (χ1v) is 7.96. The van der Waals surface area contributed by atoms with Crippen molar-refractivity contribution in [3.63, 3.8) is 0 Å². The number of allylic oxidation sites excluding steroid dienone is 4. The van der Waals surface area contributed by atoms with Crippen LogP contribution in [0.1, 0.15) is 0 Å². The van der Waals surface area contributed by atoms with E-state index in [9.17, 15) is 0 Å². The third-order valence-corrected chi connectivity index (χ3v) is 2.36. The van der Waals surface area contributed by atoms with Crippen LogP contribution in [0.3, 0.4) is 0 Å². The summed E-state index contributed by atoms with van der Waals surface area (Å²) in [6, 6.07) is 0. The van der Waals surface area contributed by atoms with E-state index >= 15 is 0 Å². The summed E-state index contributed by atoms with van der Waals surface area (Å²) >= 11 is 0. The zero-order valence-electron chi connectivity index (χ0n) is 8.39. The molecule has 66 valence electrons. The van der Waals surface area contributed by atoms with Crippen molar-refractivity contribution in [2.45, 2.75) is 19.6 Å². The van der Waals surface area contributed by atoms with Crippen LogP contribution in [0.25, 0.3) is 0 Å². The first-order valence-electron chi connectivity index (χ1n) is 4.46. The van der Waals surface area contributed by atoms with Gasteiger partial charge in [-0.2, -0.15) is 0 Å². The smallest absolute Gasteiger partial charge is 0.118 e. The first-order chi connectivity index (χ1) is 6.08. The molecule has 0 unspecified atom stereocenters. The summed E-state index contributed by atoms with van der Waals surface area (Å²) < 4.78 is 0. The average molecular weight is 186 g/mol. The van der Waals surface area contributed by atoms with Crippen molar-refractivity contribution in [1.82, 2.24) is 0 Å². The highest BCUT2D eigenvalue weighted by Crippen LogP contribution is 2.05. The second-order valence-electron chi connectivity index (χ2n) is 4.06. The van der Waals surface area contributed by atoms with Crippen molar-refractivity contribution in [3.8, 4) is 23.3 Å². The molecule has 0 bridgehead atoms. The lowest BCUT2D eigenvalue weighted by molar-refractivity contribution is 1.15. The van der Waals surface area contributed by atoms with Crippen molar-refractivity contribution < 1.29 is 0 Å². The van der Waals surface area contributed by atoms with E-state index in [-0.39, 0.29) is 5.92 Å². The number of rotatable bonds is 0. The molecule has 13 heavy (non-hydrogen) atoms. The van der Waals surface area contributed by atoms with Gasteiger partial charge in [0.25, 0.3) is 0 Å². The topological polar surface area (TPSA) is 0 Å². The van der Waals surface area contributed by atoms with Crippen molar-refractivity contribution >= 4 is 8.07 Å². The molecule has 0 amide bonds. The molecule has 1 aliphatic carbocycles. The summed E-state index contributed by atoms with van der Waals surface area (Å²) in [5.74, 6) is 9.21. The fourth-order valence-corrected chi connectivity index (χ4v) is 1.30. The van der Waals surface area contributed by atoms with Crippen LogP contribution in [0.4, 0.5) is 0 Å². The summed E-state index contributed by atoms with van der Waals surface area (Å²) in [6.45, 7) is 6.66. The molecule has 0 aromatic heterocycles. The van der Waals surface area contributed by atoms with Gasteiger partial charge in [0.05, 0.1) is 5.92 Å².